The summed E-state index contributed by atoms with van der Waals surface area (Å²) in [6.45, 7) is 1.12. The zero-order valence-electron chi connectivity index (χ0n) is 17.5. The van der Waals surface area contributed by atoms with E-state index in [1.54, 1.807) is 12.1 Å². The summed E-state index contributed by atoms with van der Waals surface area (Å²) in [5.74, 6) is -0.411. The molecule has 6 nitrogen and oxygen atoms in total. The maximum atomic E-state index is 15.2. The predicted octanol–water partition coefficient (Wildman–Crippen LogP) is 5.82. The van der Waals surface area contributed by atoms with E-state index in [-0.39, 0.29) is 11.1 Å². The number of hydrogen-bond donors (Lipinski definition) is 2. The summed E-state index contributed by atoms with van der Waals surface area (Å²) in [4.78, 5) is 12.7. The molecule has 0 aliphatic carbocycles. The van der Waals surface area contributed by atoms with Gasteiger partial charge in [-0.2, -0.15) is 0 Å². The van der Waals surface area contributed by atoms with Gasteiger partial charge in [0.2, 0.25) is 5.41 Å². The Balaban J connectivity index is 1.83. The number of rotatable bonds is 7. The number of alkyl halides is 1. The third-order valence-electron chi connectivity index (χ3n) is 5.08. The summed E-state index contributed by atoms with van der Waals surface area (Å²) in [5, 5.41) is 0.411. The minimum atomic E-state index is -4.02. The lowest BCUT2D eigenvalue weighted by Gasteiger charge is -2.27. The summed E-state index contributed by atoms with van der Waals surface area (Å²) in [7, 11) is -1.78. The molecule has 0 heterocycles. The van der Waals surface area contributed by atoms with Crippen LogP contribution in [0.3, 0.4) is 0 Å². The minimum Gasteiger partial charge on any atom is -0.397 e. The number of carbonyl (C=O) groups excluding carboxylic acids is 1. The van der Waals surface area contributed by atoms with Crippen LogP contribution in [0.5, 0.6) is 0 Å². The van der Waals surface area contributed by atoms with E-state index >= 15 is 4.39 Å². The molecule has 0 saturated heterocycles. The molecule has 0 aromatic heterocycles. The lowest BCUT2D eigenvalue weighted by Crippen LogP contribution is -2.19. The van der Waals surface area contributed by atoms with Crippen molar-refractivity contribution in [1.82, 2.24) is 0 Å². The molecule has 3 rings (SSSR count). The second kappa shape index (κ2) is 9.02. The van der Waals surface area contributed by atoms with Crippen LogP contribution in [0.1, 0.15) is 22.8 Å². The van der Waals surface area contributed by atoms with E-state index in [1.807, 2.05) is 36.4 Å². The highest BCUT2D eigenvalue weighted by molar-refractivity contribution is 7.54. The first kappa shape index (κ1) is 22.7. The molecule has 8 heteroatoms. The van der Waals surface area contributed by atoms with Crippen molar-refractivity contribution >= 4 is 24.9 Å². The van der Waals surface area contributed by atoms with Crippen LogP contribution in [0.4, 0.5) is 15.8 Å². The Kier molecular flexibility index (Phi) is 6.60. The van der Waals surface area contributed by atoms with Crippen molar-refractivity contribution in [3.8, 4) is 11.1 Å². The van der Waals surface area contributed by atoms with Crippen LogP contribution in [0.2, 0.25) is 0 Å². The van der Waals surface area contributed by atoms with Gasteiger partial charge in [0, 0.05) is 25.3 Å². The normalized spacial score (nSPS) is 13.4. The largest absolute Gasteiger partial charge is 0.397 e. The number of hydrogen-bond acceptors (Lipinski definition) is 5. The molecule has 0 saturated carbocycles. The molecule has 1 atom stereocenters. The topological polar surface area (TPSA) is 90.6 Å². The summed E-state index contributed by atoms with van der Waals surface area (Å²) in [6.07, 6.45) is 0. The molecule has 3 aromatic carbocycles. The van der Waals surface area contributed by atoms with Crippen molar-refractivity contribution < 1.29 is 22.8 Å². The molecule has 1 unspecified atom stereocenters. The number of carbonyl (C=O) groups is 1. The molecule has 0 spiro atoms. The van der Waals surface area contributed by atoms with Crippen molar-refractivity contribution in [2.45, 2.75) is 12.3 Å². The van der Waals surface area contributed by atoms with Gasteiger partial charge >= 0.3 is 7.60 Å². The molecule has 31 heavy (non-hydrogen) atoms. The monoisotopic (exact) mass is 442 g/mol. The van der Waals surface area contributed by atoms with Gasteiger partial charge in [0.05, 0.1) is 11.4 Å². The van der Waals surface area contributed by atoms with E-state index in [0.717, 1.165) is 32.3 Å². The number of benzene rings is 3. The van der Waals surface area contributed by atoms with Crippen LogP contribution >= 0.6 is 7.60 Å². The average Bonchev–Trinajstić information content (AvgIpc) is 2.80. The van der Waals surface area contributed by atoms with Gasteiger partial charge in [0.1, 0.15) is 0 Å². The highest BCUT2D eigenvalue weighted by Crippen LogP contribution is 2.64. The molecule has 1 amide bonds. The van der Waals surface area contributed by atoms with E-state index in [0.29, 0.717) is 11.4 Å². The van der Waals surface area contributed by atoms with Crippen LogP contribution in [-0.4, -0.2) is 20.1 Å². The minimum absolute atomic E-state index is 0.0710. The summed E-state index contributed by atoms with van der Waals surface area (Å²) in [5.41, 5.74) is 9.17. The number of halogens is 1. The van der Waals surface area contributed by atoms with Crippen LogP contribution < -0.4 is 11.1 Å². The molecular weight excluding hydrogens is 418 g/mol. The Bertz CT molecular complexity index is 1110. The Morgan fingerprint density at radius 3 is 2.16 bits per heavy atom. The van der Waals surface area contributed by atoms with Gasteiger partial charge in [-0.05, 0) is 42.3 Å². The number of anilines is 2. The maximum Gasteiger partial charge on any atom is 0.371 e. The summed E-state index contributed by atoms with van der Waals surface area (Å²) >= 11 is 0. The third-order valence-corrected chi connectivity index (χ3v) is 7.33. The fourth-order valence-electron chi connectivity index (χ4n) is 3.17. The van der Waals surface area contributed by atoms with Gasteiger partial charge < -0.3 is 20.1 Å². The zero-order chi connectivity index (χ0) is 22.6. The summed E-state index contributed by atoms with van der Waals surface area (Å²) in [6, 6.07) is 20.7. The number of amides is 1. The smallest absolute Gasteiger partial charge is 0.371 e. The van der Waals surface area contributed by atoms with Crippen molar-refractivity contribution in [2.24, 2.45) is 0 Å². The van der Waals surface area contributed by atoms with Crippen LogP contribution in [-0.2, 0) is 19.0 Å². The van der Waals surface area contributed by atoms with Crippen LogP contribution in [0.15, 0.2) is 72.8 Å². The zero-order valence-corrected chi connectivity index (χ0v) is 18.4. The van der Waals surface area contributed by atoms with Gasteiger partial charge in [-0.1, -0.05) is 48.5 Å². The Labute approximate surface area is 180 Å². The second-order valence-corrected chi connectivity index (χ2v) is 9.58. The molecule has 0 aliphatic heterocycles. The third kappa shape index (κ3) is 4.54. The van der Waals surface area contributed by atoms with Crippen LogP contribution in [0, 0.1) is 0 Å². The molecule has 0 radical (unpaired) electrons. The molecule has 3 aromatic rings. The van der Waals surface area contributed by atoms with E-state index in [4.69, 9.17) is 14.8 Å². The van der Waals surface area contributed by atoms with Crippen molar-refractivity contribution in [2.75, 3.05) is 25.3 Å². The van der Waals surface area contributed by atoms with Gasteiger partial charge in [0.25, 0.3) is 5.91 Å². The maximum absolute atomic E-state index is 15.2. The quantitative estimate of drug-likeness (QED) is 0.356. The van der Waals surface area contributed by atoms with Gasteiger partial charge in [-0.3, -0.25) is 9.36 Å². The predicted molar refractivity (Wildman–Crippen MR) is 121 cm³/mol. The number of nitrogen functional groups attached to an aromatic ring is 1. The highest BCUT2D eigenvalue weighted by atomic mass is 31.2. The Hall–Kier alpha value is -2.99. The molecule has 0 aliphatic rings. The molecule has 0 fully saturated rings. The van der Waals surface area contributed by atoms with E-state index in [9.17, 15) is 9.36 Å². The first-order chi connectivity index (χ1) is 14.7. The fourth-order valence-corrected chi connectivity index (χ4v) is 4.47. The molecule has 162 valence electrons. The Morgan fingerprint density at radius 2 is 1.58 bits per heavy atom. The van der Waals surface area contributed by atoms with Gasteiger partial charge in [0.15, 0.2) is 0 Å². The molecule has 3 N–H and O–H groups in total. The number of nitrogens with one attached hydrogen (secondary N) is 1. The first-order valence-corrected chi connectivity index (χ1v) is 11.0. The van der Waals surface area contributed by atoms with Crippen LogP contribution in [0.25, 0.3) is 11.1 Å². The van der Waals surface area contributed by atoms with Gasteiger partial charge in [-0.25, -0.2) is 4.39 Å². The standard InChI is InChI=1S/C23H24FN2O4P/c1-23(24,31(28,29-2)30-3)19-12-9-17(10-13-19)22(27)26-21-15-18(11-14-20(21)25)16-7-5-4-6-8-16/h4-15H,25H2,1-3H3,(H,26,27). The Morgan fingerprint density at radius 1 is 0.968 bits per heavy atom. The molecular formula is C23H24FN2O4P. The number of nitrogens with two attached hydrogens (primary N) is 1. The SMILES string of the molecule is COP(=O)(OC)C(C)(F)c1ccc(C(=O)Nc2cc(-c3ccccc3)ccc2N)cc1. The van der Waals surface area contributed by atoms with E-state index in [2.05, 4.69) is 5.32 Å². The van der Waals surface area contributed by atoms with E-state index in [1.165, 1.54) is 24.3 Å². The lowest BCUT2D eigenvalue weighted by atomic mass is 10.0. The summed E-state index contributed by atoms with van der Waals surface area (Å²) < 4.78 is 37.3. The fraction of sp³-hybridized carbons (Fsp3) is 0.174. The van der Waals surface area contributed by atoms with Gasteiger partial charge in [-0.15, -0.1) is 0 Å². The second-order valence-electron chi connectivity index (χ2n) is 7.02. The van der Waals surface area contributed by atoms with E-state index < -0.39 is 18.9 Å². The highest BCUT2D eigenvalue weighted by Gasteiger charge is 2.48. The van der Waals surface area contributed by atoms with Crippen molar-refractivity contribution in [3.63, 3.8) is 0 Å². The average molecular weight is 442 g/mol. The molecule has 0 bridgehead atoms. The first-order valence-electron chi connectivity index (χ1n) is 9.49. The van der Waals surface area contributed by atoms with Crippen molar-refractivity contribution in [3.05, 3.63) is 83.9 Å². The lowest BCUT2D eigenvalue weighted by molar-refractivity contribution is 0.102. The van der Waals surface area contributed by atoms with Crippen molar-refractivity contribution in [1.29, 1.82) is 0 Å².